The summed E-state index contributed by atoms with van der Waals surface area (Å²) in [5.74, 6) is -2.09. The predicted octanol–water partition coefficient (Wildman–Crippen LogP) is 3.46. The highest BCUT2D eigenvalue weighted by atomic mass is 19.1. The third-order valence-corrected chi connectivity index (χ3v) is 5.36. The number of nitriles is 1. The van der Waals surface area contributed by atoms with Gasteiger partial charge in [0.1, 0.15) is 11.5 Å². The minimum absolute atomic E-state index is 0.00866. The third-order valence-electron chi connectivity index (χ3n) is 5.36. The van der Waals surface area contributed by atoms with E-state index in [-0.39, 0.29) is 22.2 Å². The third kappa shape index (κ3) is 4.02. The van der Waals surface area contributed by atoms with E-state index in [1.54, 1.807) is 30.7 Å². The lowest BCUT2D eigenvalue weighted by atomic mass is 10.1. The number of carbonyl (C=O) groups is 2. The van der Waals surface area contributed by atoms with Crippen LogP contribution in [0.1, 0.15) is 43.4 Å². The molecule has 0 aliphatic heterocycles. The molecule has 2 heterocycles. The number of fused-ring (bicyclic) bond motifs is 1. The van der Waals surface area contributed by atoms with Crippen molar-refractivity contribution in [3.63, 3.8) is 0 Å². The molecule has 0 unspecified atom stereocenters. The summed E-state index contributed by atoms with van der Waals surface area (Å²) in [5.41, 5.74) is 8.27. The van der Waals surface area contributed by atoms with Gasteiger partial charge in [0.05, 0.1) is 46.3 Å². The average Bonchev–Trinajstić information content (AvgIpc) is 3.06. The molecule has 0 aliphatic carbocycles. The minimum Gasteiger partial charge on any atom is -0.364 e. The molecule has 4 aromatic rings. The molecule has 2 aromatic carbocycles. The number of hydrogen-bond acceptors (Lipinski definition) is 5. The fourth-order valence-corrected chi connectivity index (χ4v) is 3.69. The highest BCUT2D eigenvalue weighted by molar-refractivity contribution is 6.14. The molecular weight excluding hydrogens is 423 g/mol. The van der Waals surface area contributed by atoms with Crippen LogP contribution in [0.3, 0.4) is 0 Å². The molecule has 8 nitrogen and oxygen atoms in total. The number of anilines is 1. The fourth-order valence-electron chi connectivity index (χ4n) is 3.69. The molecule has 0 radical (unpaired) electrons. The van der Waals surface area contributed by atoms with Gasteiger partial charge in [-0.2, -0.15) is 10.4 Å². The standard InChI is InChI=1S/C24H19FN6O2/c1-13-22(14(2)31(30-13)12-16-7-4-3-6-15(16)11-26)29-24(33)17-10-20(23(27)32)28-19-9-5-8-18(25)21(17)19/h3-10H,12H2,1-2H3,(H2,27,32)(H,29,33). The van der Waals surface area contributed by atoms with Gasteiger partial charge >= 0.3 is 0 Å². The SMILES string of the molecule is Cc1nn(Cc2ccccc2C#N)c(C)c1NC(=O)c1cc(C(N)=O)nc2cccc(F)c12. The number of rotatable bonds is 5. The molecule has 0 spiro atoms. The Balaban J connectivity index is 1.72. The number of halogens is 1. The van der Waals surface area contributed by atoms with Crippen LogP contribution >= 0.6 is 0 Å². The van der Waals surface area contributed by atoms with Gasteiger partial charge in [0.15, 0.2) is 0 Å². The van der Waals surface area contributed by atoms with Crippen LogP contribution in [0, 0.1) is 31.0 Å². The maximum Gasteiger partial charge on any atom is 0.267 e. The summed E-state index contributed by atoms with van der Waals surface area (Å²) in [7, 11) is 0. The molecule has 33 heavy (non-hydrogen) atoms. The first-order valence-electron chi connectivity index (χ1n) is 10.0. The predicted molar refractivity (Wildman–Crippen MR) is 120 cm³/mol. The summed E-state index contributed by atoms with van der Waals surface area (Å²) in [6, 6.07) is 14.7. The van der Waals surface area contributed by atoms with Gasteiger partial charge in [-0.3, -0.25) is 14.3 Å². The number of aryl methyl sites for hydroxylation is 1. The zero-order valence-electron chi connectivity index (χ0n) is 17.9. The van der Waals surface area contributed by atoms with Crippen molar-refractivity contribution in [3.8, 4) is 6.07 Å². The van der Waals surface area contributed by atoms with Crippen LogP contribution in [0.25, 0.3) is 10.9 Å². The van der Waals surface area contributed by atoms with Gasteiger partial charge in [0.25, 0.3) is 11.8 Å². The molecule has 0 saturated heterocycles. The summed E-state index contributed by atoms with van der Waals surface area (Å²) >= 11 is 0. The zero-order chi connectivity index (χ0) is 23.7. The van der Waals surface area contributed by atoms with E-state index < -0.39 is 17.6 Å². The lowest BCUT2D eigenvalue weighted by Crippen LogP contribution is -2.18. The monoisotopic (exact) mass is 442 g/mol. The number of nitrogens with two attached hydrogens (primary N) is 1. The minimum atomic E-state index is -0.827. The maximum absolute atomic E-state index is 14.6. The van der Waals surface area contributed by atoms with E-state index in [0.717, 1.165) is 5.56 Å². The van der Waals surface area contributed by atoms with Crippen LogP contribution in [0.2, 0.25) is 0 Å². The highest BCUT2D eigenvalue weighted by Gasteiger charge is 2.21. The molecule has 2 amide bonds. The van der Waals surface area contributed by atoms with Crippen LogP contribution in [0.5, 0.6) is 0 Å². The van der Waals surface area contributed by atoms with E-state index in [9.17, 15) is 19.2 Å². The second-order valence-electron chi connectivity index (χ2n) is 7.48. The van der Waals surface area contributed by atoms with Crippen molar-refractivity contribution in [2.75, 3.05) is 5.32 Å². The first-order chi connectivity index (χ1) is 15.8. The molecule has 0 aliphatic rings. The molecule has 3 N–H and O–H groups in total. The molecule has 4 rings (SSSR count). The second-order valence-corrected chi connectivity index (χ2v) is 7.48. The summed E-state index contributed by atoms with van der Waals surface area (Å²) in [4.78, 5) is 28.9. The van der Waals surface area contributed by atoms with Crippen molar-refractivity contribution in [1.29, 1.82) is 5.26 Å². The Labute approximate surface area is 188 Å². The molecule has 0 atom stereocenters. The van der Waals surface area contributed by atoms with Crippen molar-refractivity contribution in [2.45, 2.75) is 20.4 Å². The number of nitrogens with zero attached hydrogens (tertiary/aromatic N) is 4. The van der Waals surface area contributed by atoms with Crippen molar-refractivity contribution in [1.82, 2.24) is 14.8 Å². The Morgan fingerprint density at radius 2 is 1.94 bits per heavy atom. The van der Waals surface area contributed by atoms with Crippen molar-refractivity contribution in [2.24, 2.45) is 5.73 Å². The Morgan fingerprint density at radius 3 is 2.67 bits per heavy atom. The number of hydrogen-bond donors (Lipinski definition) is 2. The highest BCUT2D eigenvalue weighted by Crippen LogP contribution is 2.26. The van der Waals surface area contributed by atoms with Crippen LogP contribution in [0.15, 0.2) is 48.5 Å². The van der Waals surface area contributed by atoms with Crippen LogP contribution < -0.4 is 11.1 Å². The fraction of sp³-hybridized carbons (Fsp3) is 0.125. The summed E-state index contributed by atoms with van der Waals surface area (Å²) in [6.07, 6.45) is 0. The number of amides is 2. The molecule has 0 fully saturated rings. The van der Waals surface area contributed by atoms with E-state index in [2.05, 4.69) is 21.5 Å². The lowest BCUT2D eigenvalue weighted by Gasteiger charge is -2.11. The lowest BCUT2D eigenvalue weighted by molar-refractivity contribution is 0.0996. The summed E-state index contributed by atoms with van der Waals surface area (Å²) in [5, 5.41) is 16.6. The zero-order valence-corrected chi connectivity index (χ0v) is 17.9. The largest absolute Gasteiger partial charge is 0.364 e. The van der Waals surface area contributed by atoms with Gasteiger partial charge in [-0.15, -0.1) is 0 Å². The van der Waals surface area contributed by atoms with Gasteiger partial charge in [0, 0.05) is 5.39 Å². The second kappa shape index (κ2) is 8.51. The maximum atomic E-state index is 14.6. The van der Waals surface area contributed by atoms with E-state index in [1.165, 1.54) is 24.3 Å². The first-order valence-corrected chi connectivity index (χ1v) is 10.0. The Kier molecular flexibility index (Phi) is 5.58. The van der Waals surface area contributed by atoms with Gasteiger partial charge in [-0.1, -0.05) is 24.3 Å². The van der Waals surface area contributed by atoms with Gasteiger partial charge in [0.2, 0.25) is 0 Å². The van der Waals surface area contributed by atoms with Crippen molar-refractivity contribution < 1.29 is 14.0 Å². The Bertz CT molecular complexity index is 1470. The quantitative estimate of drug-likeness (QED) is 0.489. The van der Waals surface area contributed by atoms with Crippen LogP contribution in [0.4, 0.5) is 10.1 Å². The van der Waals surface area contributed by atoms with E-state index in [0.29, 0.717) is 29.2 Å². The number of nitrogens with one attached hydrogen (secondary N) is 1. The summed E-state index contributed by atoms with van der Waals surface area (Å²) < 4.78 is 16.3. The van der Waals surface area contributed by atoms with E-state index in [4.69, 9.17) is 5.73 Å². The number of benzene rings is 2. The molecule has 0 saturated carbocycles. The van der Waals surface area contributed by atoms with Crippen molar-refractivity contribution >= 4 is 28.4 Å². The molecule has 0 bridgehead atoms. The van der Waals surface area contributed by atoms with E-state index in [1.807, 2.05) is 12.1 Å². The van der Waals surface area contributed by atoms with Crippen LogP contribution in [-0.2, 0) is 6.54 Å². The molecule has 9 heteroatoms. The van der Waals surface area contributed by atoms with Gasteiger partial charge < -0.3 is 11.1 Å². The smallest absolute Gasteiger partial charge is 0.267 e. The normalized spacial score (nSPS) is 10.7. The number of primary amides is 1. The van der Waals surface area contributed by atoms with Gasteiger partial charge in [-0.25, -0.2) is 9.37 Å². The van der Waals surface area contributed by atoms with Crippen molar-refractivity contribution in [3.05, 3.63) is 88.1 Å². The topological polar surface area (TPSA) is 127 Å². The number of pyridine rings is 1. The molecular formula is C24H19FN6O2. The number of carbonyl (C=O) groups excluding carboxylic acids is 2. The number of aromatic nitrogens is 3. The summed E-state index contributed by atoms with van der Waals surface area (Å²) in [6.45, 7) is 3.85. The van der Waals surface area contributed by atoms with E-state index >= 15 is 0 Å². The van der Waals surface area contributed by atoms with Crippen LogP contribution in [-0.4, -0.2) is 26.6 Å². The first kappa shape index (κ1) is 21.6. The molecule has 164 valence electrons. The molecule has 2 aromatic heterocycles. The van der Waals surface area contributed by atoms with Gasteiger partial charge in [-0.05, 0) is 43.7 Å². The average molecular weight is 442 g/mol. The Morgan fingerprint density at radius 1 is 1.18 bits per heavy atom. The Hall–Kier alpha value is -4.58.